The van der Waals surface area contributed by atoms with Gasteiger partial charge in [0.1, 0.15) is 5.92 Å². The molecule has 0 aromatic rings. The van der Waals surface area contributed by atoms with Crippen molar-refractivity contribution in [2.45, 2.75) is 31.5 Å². The molecule has 4 nitrogen and oxygen atoms in total. The maximum Gasteiger partial charge on any atom is 0.314 e. The van der Waals surface area contributed by atoms with E-state index >= 15 is 0 Å². The third-order valence-electron chi connectivity index (χ3n) is 3.06. The van der Waals surface area contributed by atoms with Gasteiger partial charge >= 0.3 is 5.97 Å². The second kappa shape index (κ2) is 3.87. The van der Waals surface area contributed by atoms with Gasteiger partial charge in [0.25, 0.3) is 0 Å². The number of esters is 1. The molecule has 1 saturated carbocycles. The van der Waals surface area contributed by atoms with Crippen molar-refractivity contribution in [3.63, 3.8) is 0 Å². The third kappa shape index (κ3) is 1.53. The van der Waals surface area contributed by atoms with Crippen molar-refractivity contribution in [3.05, 3.63) is 0 Å². The van der Waals surface area contributed by atoms with E-state index in [2.05, 4.69) is 0 Å². The van der Waals surface area contributed by atoms with Crippen molar-refractivity contribution < 1.29 is 19.0 Å². The van der Waals surface area contributed by atoms with E-state index in [0.29, 0.717) is 13.2 Å². The van der Waals surface area contributed by atoms with Gasteiger partial charge in [0, 0.05) is 6.42 Å². The number of hydrogen-bond donors (Lipinski definition) is 0. The summed E-state index contributed by atoms with van der Waals surface area (Å²) in [5.74, 6) is -1.10. The number of ether oxygens (including phenoxy) is 3. The number of hydrogen-bond acceptors (Lipinski definition) is 4. The Morgan fingerprint density at radius 1 is 1.36 bits per heavy atom. The predicted octanol–water partition coefficient (Wildman–Crippen LogP) is 1.09. The minimum absolute atomic E-state index is 0.202. The van der Waals surface area contributed by atoms with Crippen LogP contribution in [0.2, 0.25) is 0 Å². The summed E-state index contributed by atoms with van der Waals surface area (Å²) in [6.07, 6.45) is 3.74. The molecule has 1 heterocycles. The summed E-state index contributed by atoms with van der Waals surface area (Å²) >= 11 is 0. The lowest BCUT2D eigenvalue weighted by Crippen LogP contribution is -2.46. The van der Waals surface area contributed by atoms with Gasteiger partial charge in [0.05, 0.1) is 20.3 Å². The highest BCUT2D eigenvalue weighted by Crippen LogP contribution is 2.40. The third-order valence-corrected chi connectivity index (χ3v) is 3.06. The van der Waals surface area contributed by atoms with Gasteiger partial charge in [-0.2, -0.15) is 0 Å². The molecule has 0 N–H and O–H groups in total. The molecule has 2 rings (SSSR count). The fourth-order valence-corrected chi connectivity index (χ4v) is 2.37. The minimum Gasteiger partial charge on any atom is -0.469 e. The Hall–Kier alpha value is -0.610. The first kappa shape index (κ1) is 9.93. The molecular formula is C10H16O4. The standard InChI is InChI=1S/C10H16O4/c1-12-9(11)8-4-2-3-5-10(8)13-6-7-14-10/h8H,2-7H2,1H3/t8-/m1/s1. The maximum atomic E-state index is 11.5. The molecule has 1 atom stereocenters. The van der Waals surface area contributed by atoms with E-state index in [1.165, 1.54) is 7.11 Å². The van der Waals surface area contributed by atoms with E-state index in [-0.39, 0.29) is 11.9 Å². The molecule has 80 valence electrons. The average molecular weight is 200 g/mol. The summed E-state index contributed by atoms with van der Waals surface area (Å²) in [7, 11) is 1.42. The van der Waals surface area contributed by atoms with Crippen LogP contribution < -0.4 is 0 Å². The van der Waals surface area contributed by atoms with Crippen LogP contribution in [0.25, 0.3) is 0 Å². The Kier molecular flexibility index (Phi) is 2.74. The highest BCUT2D eigenvalue weighted by Gasteiger charge is 2.49. The molecule has 0 aromatic carbocycles. The number of carbonyl (C=O) groups is 1. The van der Waals surface area contributed by atoms with Crippen LogP contribution in [-0.2, 0) is 19.0 Å². The predicted molar refractivity (Wildman–Crippen MR) is 48.6 cm³/mol. The van der Waals surface area contributed by atoms with Crippen molar-refractivity contribution in [1.82, 2.24) is 0 Å². The lowest BCUT2D eigenvalue weighted by atomic mass is 9.83. The van der Waals surface area contributed by atoms with Crippen molar-refractivity contribution in [2.75, 3.05) is 20.3 Å². The molecule has 2 fully saturated rings. The summed E-state index contributed by atoms with van der Waals surface area (Å²) < 4.78 is 16.0. The van der Waals surface area contributed by atoms with Crippen molar-refractivity contribution in [1.29, 1.82) is 0 Å². The highest BCUT2D eigenvalue weighted by molar-refractivity contribution is 5.73. The first-order valence-electron chi connectivity index (χ1n) is 5.14. The number of rotatable bonds is 1. The quantitative estimate of drug-likeness (QED) is 0.594. The summed E-state index contributed by atoms with van der Waals surface area (Å²) in [4.78, 5) is 11.5. The van der Waals surface area contributed by atoms with E-state index in [1.807, 2.05) is 0 Å². The van der Waals surface area contributed by atoms with Gasteiger partial charge in [-0.15, -0.1) is 0 Å². The molecule has 1 spiro atoms. The van der Waals surface area contributed by atoms with E-state index in [4.69, 9.17) is 14.2 Å². The normalized spacial score (nSPS) is 30.5. The molecule has 0 unspecified atom stereocenters. The fourth-order valence-electron chi connectivity index (χ4n) is 2.37. The van der Waals surface area contributed by atoms with Crippen LogP contribution in [0.4, 0.5) is 0 Å². The van der Waals surface area contributed by atoms with E-state index < -0.39 is 5.79 Å². The molecule has 4 heteroatoms. The lowest BCUT2D eigenvalue weighted by molar-refractivity contribution is -0.220. The summed E-state index contributed by atoms with van der Waals surface area (Å²) in [6, 6.07) is 0. The number of carbonyl (C=O) groups excluding carboxylic acids is 1. The van der Waals surface area contributed by atoms with Gasteiger partial charge in [-0.25, -0.2) is 0 Å². The topological polar surface area (TPSA) is 44.8 Å². The lowest BCUT2D eigenvalue weighted by Gasteiger charge is -2.37. The molecule has 14 heavy (non-hydrogen) atoms. The van der Waals surface area contributed by atoms with Crippen LogP contribution >= 0.6 is 0 Å². The van der Waals surface area contributed by atoms with Crippen molar-refractivity contribution in [3.8, 4) is 0 Å². The molecule has 1 aliphatic heterocycles. The van der Waals surface area contributed by atoms with Crippen LogP contribution in [0.15, 0.2) is 0 Å². The van der Waals surface area contributed by atoms with Gasteiger partial charge < -0.3 is 14.2 Å². The summed E-state index contributed by atoms with van der Waals surface area (Å²) in [5.41, 5.74) is 0. The zero-order chi connectivity index (χ0) is 10.0. The molecule has 0 amide bonds. The van der Waals surface area contributed by atoms with Crippen LogP contribution in [0, 0.1) is 5.92 Å². The van der Waals surface area contributed by atoms with E-state index in [9.17, 15) is 4.79 Å². The Morgan fingerprint density at radius 2 is 2.07 bits per heavy atom. The first-order chi connectivity index (χ1) is 6.78. The summed E-state index contributed by atoms with van der Waals surface area (Å²) in [5, 5.41) is 0. The summed E-state index contributed by atoms with van der Waals surface area (Å²) in [6.45, 7) is 1.18. The van der Waals surface area contributed by atoms with Gasteiger partial charge in [-0.1, -0.05) is 6.42 Å². The van der Waals surface area contributed by atoms with Gasteiger partial charge in [0.15, 0.2) is 5.79 Å². The molecule has 0 aromatic heterocycles. The van der Waals surface area contributed by atoms with E-state index in [0.717, 1.165) is 25.7 Å². The van der Waals surface area contributed by atoms with Crippen LogP contribution in [0.1, 0.15) is 25.7 Å². The smallest absolute Gasteiger partial charge is 0.314 e. The largest absolute Gasteiger partial charge is 0.469 e. The fraction of sp³-hybridized carbons (Fsp3) is 0.900. The van der Waals surface area contributed by atoms with Gasteiger partial charge in [-0.05, 0) is 12.8 Å². The number of methoxy groups -OCH3 is 1. The van der Waals surface area contributed by atoms with Crippen molar-refractivity contribution >= 4 is 5.97 Å². The second-order valence-corrected chi connectivity index (χ2v) is 3.83. The Bertz CT molecular complexity index is 220. The van der Waals surface area contributed by atoms with E-state index in [1.54, 1.807) is 0 Å². The zero-order valence-corrected chi connectivity index (χ0v) is 8.45. The Morgan fingerprint density at radius 3 is 2.71 bits per heavy atom. The highest BCUT2D eigenvalue weighted by atomic mass is 16.7. The maximum absolute atomic E-state index is 11.5. The molecule has 0 radical (unpaired) electrons. The van der Waals surface area contributed by atoms with Gasteiger partial charge in [0.2, 0.25) is 0 Å². The minimum atomic E-state index is -0.661. The Balaban J connectivity index is 2.14. The zero-order valence-electron chi connectivity index (χ0n) is 8.45. The molecule has 1 saturated heterocycles. The average Bonchev–Trinajstić information content (AvgIpc) is 2.67. The van der Waals surface area contributed by atoms with Crippen LogP contribution in [0.3, 0.4) is 0 Å². The van der Waals surface area contributed by atoms with Crippen LogP contribution in [0.5, 0.6) is 0 Å². The van der Waals surface area contributed by atoms with Gasteiger partial charge in [-0.3, -0.25) is 4.79 Å². The van der Waals surface area contributed by atoms with Crippen LogP contribution in [-0.4, -0.2) is 32.1 Å². The molecule has 2 aliphatic rings. The molecular weight excluding hydrogens is 184 g/mol. The monoisotopic (exact) mass is 200 g/mol. The first-order valence-corrected chi connectivity index (χ1v) is 5.14. The SMILES string of the molecule is COC(=O)[C@H]1CCCCC12OCCO2. The Labute approximate surface area is 83.5 Å². The molecule has 1 aliphatic carbocycles. The van der Waals surface area contributed by atoms with Crippen molar-refractivity contribution in [2.24, 2.45) is 5.92 Å². The second-order valence-electron chi connectivity index (χ2n) is 3.83. The molecule has 0 bridgehead atoms.